The van der Waals surface area contributed by atoms with Crippen LogP contribution in [0.25, 0.3) is 0 Å². The van der Waals surface area contributed by atoms with Gasteiger partial charge in [-0.3, -0.25) is 4.57 Å². The lowest BCUT2D eigenvalue weighted by Gasteiger charge is -2.15. The average molecular weight is 331 g/mol. The maximum absolute atomic E-state index is 12.9. The van der Waals surface area contributed by atoms with E-state index in [0.717, 1.165) is 6.07 Å². The summed E-state index contributed by atoms with van der Waals surface area (Å²) in [4.78, 5) is 20.1. The van der Waals surface area contributed by atoms with Crippen LogP contribution in [0, 0.1) is 0 Å². The summed E-state index contributed by atoms with van der Waals surface area (Å²) in [6, 6.07) is 0.844. The molecule has 126 valence electrons. The van der Waals surface area contributed by atoms with Crippen LogP contribution in [-0.4, -0.2) is 45.4 Å². The summed E-state index contributed by atoms with van der Waals surface area (Å²) < 4.78 is 39.9. The highest BCUT2D eigenvalue weighted by atomic mass is 19.4. The molecule has 23 heavy (non-hydrogen) atoms. The van der Waals surface area contributed by atoms with E-state index in [0.29, 0.717) is 12.2 Å². The Morgan fingerprint density at radius 2 is 2.04 bits per heavy atom. The number of H-pyrrole nitrogens is 1. The number of rotatable bonds is 5. The number of hydrogen-bond donors (Lipinski definition) is 2. The standard InChI is InChI=1S/C12H16F3N7O/c1-21(2)10-17-7(12(13,14)15)6-8(18-10)16-5-4-9-19-20-11(23)22(9)3/h6H,4-5H2,1-3H3,(H,20,23)(H,16,17,18). The second kappa shape index (κ2) is 6.26. The first-order valence-electron chi connectivity index (χ1n) is 6.66. The molecule has 0 unspecified atom stereocenters. The average Bonchev–Trinajstić information content (AvgIpc) is 2.78. The fourth-order valence-electron chi connectivity index (χ4n) is 1.78. The zero-order valence-corrected chi connectivity index (χ0v) is 12.8. The summed E-state index contributed by atoms with van der Waals surface area (Å²) in [5.41, 5.74) is -1.37. The molecule has 0 aromatic carbocycles. The van der Waals surface area contributed by atoms with Gasteiger partial charge in [-0.25, -0.2) is 14.9 Å². The molecule has 0 aliphatic rings. The molecule has 2 aromatic heterocycles. The summed E-state index contributed by atoms with van der Waals surface area (Å²) >= 11 is 0. The van der Waals surface area contributed by atoms with Crippen LogP contribution in [0.1, 0.15) is 11.5 Å². The second-order valence-corrected chi connectivity index (χ2v) is 5.01. The van der Waals surface area contributed by atoms with Gasteiger partial charge in [-0.2, -0.15) is 23.3 Å². The Labute approximate surface area is 129 Å². The second-order valence-electron chi connectivity index (χ2n) is 5.01. The predicted molar refractivity (Wildman–Crippen MR) is 77.4 cm³/mol. The van der Waals surface area contributed by atoms with Crippen molar-refractivity contribution in [3.05, 3.63) is 28.1 Å². The van der Waals surface area contributed by atoms with E-state index in [1.165, 1.54) is 9.47 Å². The van der Waals surface area contributed by atoms with Crippen molar-refractivity contribution in [1.29, 1.82) is 0 Å². The van der Waals surface area contributed by atoms with Gasteiger partial charge >= 0.3 is 11.9 Å². The largest absolute Gasteiger partial charge is 0.433 e. The molecule has 0 radical (unpaired) electrons. The van der Waals surface area contributed by atoms with E-state index in [-0.39, 0.29) is 24.0 Å². The predicted octanol–water partition coefficient (Wildman–Crippen LogP) is 0.638. The van der Waals surface area contributed by atoms with E-state index < -0.39 is 11.9 Å². The van der Waals surface area contributed by atoms with E-state index in [1.807, 2.05) is 0 Å². The van der Waals surface area contributed by atoms with E-state index in [9.17, 15) is 18.0 Å². The molecule has 0 fully saturated rings. The van der Waals surface area contributed by atoms with Crippen molar-refractivity contribution >= 4 is 11.8 Å². The van der Waals surface area contributed by atoms with Crippen LogP contribution in [-0.2, 0) is 19.6 Å². The lowest BCUT2D eigenvalue weighted by atomic mass is 10.3. The molecule has 0 bridgehead atoms. The van der Waals surface area contributed by atoms with Gasteiger partial charge in [0.1, 0.15) is 11.6 Å². The summed E-state index contributed by atoms with van der Waals surface area (Å²) in [6.45, 7) is 0.263. The Morgan fingerprint density at radius 1 is 1.35 bits per heavy atom. The van der Waals surface area contributed by atoms with Gasteiger partial charge in [0.15, 0.2) is 5.69 Å². The highest BCUT2D eigenvalue weighted by Crippen LogP contribution is 2.29. The van der Waals surface area contributed by atoms with Crippen LogP contribution < -0.4 is 15.9 Å². The Balaban J connectivity index is 2.14. The van der Waals surface area contributed by atoms with Gasteiger partial charge in [0.05, 0.1) is 0 Å². The fourth-order valence-corrected chi connectivity index (χ4v) is 1.78. The molecule has 8 nitrogen and oxygen atoms in total. The van der Waals surface area contributed by atoms with Crippen molar-refractivity contribution in [3.63, 3.8) is 0 Å². The number of nitrogens with zero attached hydrogens (tertiary/aromatic N) is 5. The molecule has 2 heterocycles. The minimum absolute atomic E-state index is 0.0468. The minimum atomic E-state index is -4.56. The Bertz CT molecular complexity index is 735. The minimum Gasteiger partial charge on any atom is -0.369 e. The zero-order chi connectivity index (χ0) is 17.2. The lowest BCUT2D eigenvalue weighted by molar-refractivity contribution is -0.141. The number of aromatic amines is 1. The molecule has 2 N–H and O–H groups in total. The van der Waals surface area contributed by atoms with Crippen LogP contribution in [0.2, 0.25) is 0 Å². The molecule has 0 amide bonds. The maximum atomic E-state index is 12.9. The van der Waals surface area contributed by atoms with Gasteiger partial charge in [-0.15, -0.1) is 0 Å². The van der Waals surface area contributed by atoms with Gasteiger partial charge in [-0.1, -0.05) is 0 Å². The van der Waals surface area contributed by atoms with Gasteiger partial charge in [-0.05, 0) is 0 Å². The third kappa shape index (κ3) is 3.99. The molecular weight excluding hydrogens is 315 g/mol. The summed E-state index contributed by atoms with van der Waals surface area (Å²) in [7, 11) is 4.66. The molecule has 0 saturated heterocycles. The Morgan fingerprint density at radius 3 is 2.57 bits per heavy atom. The van der Waals surface area contributed by atoms with E-state index in [1.54, 1.807) is 21.1 Å². The SMILES string of the molecule is CN(C)c1nc(NCCc2n[nH]c(=O)n2C)cc(C(F)(F)F)n1. The smallest absolute Gasteiger partial charge is 0.369 e. The van der Waals surface area contributed by atoms with Crippen LogP contribution in [0.3, 0.4) is 0 Å². The highest BCUT2D eigenvalue weighted by molar-refractivity contribution is 5.43. The normalized spacial score (nSPS) is 11.6. The van der Waals surface area contributed by atoms with Crippen LogP contribution >= 0.6 is 0 Å². The summed E-state index contributed by atoms with van der Waals surface area (Å²) in [6.07, 6.45) is -4.21. The summed E-state index contributed by atoms with van der Waals surface area (Å²) in [5, 5.41) is 8.89. The van der Waals surface area contributed by atoms with Crippen molar-refractivity contribution in [3.8, 4) is 0 Å². The van der Waals surface area contributed by atoms with Crippen molar-refractivity contribution < 1.29 is 13.2 Å². The molecule has 0 aliphatic heterocycles. The highest BCUT2D eigenvalue weighted by Gasteiger charge is 2.34. The first-order chi connectivity index (χ1) is 10.7. The quantitative estimate of drug-likeness (QED) is 0.835. The fraction of sp³-hybridized carbons (Fsp3) is 0.500. The van der Waals surface area contributed by atoms with Crippen molar-refractivity contribution in [2.75, 3.05) is 30.9 Å². The van der Waals surface area contributed by atoms with Gasteiger partial charge in [0.25, 0.3) is 0 Å². The zero-order valence-electron chi connectivity index (χ0n) is 12.8. The molecule has 0 atom stereocenters. The molecule has 0 spiro atoms. The van der Waals surface area contributed by atoms with Gasteiger partial charge < -0.3 is 10.2 Å². The monoisotopic (exact) mass is 331 g/mol. The maximum Gasteiger partial charge on any atom is 0.433 e. The van der Waals surface area contributed by atoms with Crippen LogP contribution in [0.5, 0.6) is 0 Å². The first kappa shape index (κ1) is 16.8. The molecular formula is C12H16F3N7O. The van der Waals surface area contributed by atoms with Crippen molar-refractivity contribution in [2.45, 2.75) is 12.6 Å². The molecule has 2 aromatic rings. The van der Waals surface area contributed by atoms with Crippen molar-refractivity contribution in [2.24, 2.45) is 7.05 Å². The van der Waals surface area contributed by atoms with E-state index >= 15 is 0 Å². The van der Waals surface area contributed by atoms with Gasteiger partial charge in [0, 0.05) is 40.2 Å². The van der Waals surface area contributed by atoms with E-state index in [4.69, 9.17) is 0 Å². The third-order valence-electron chi connectivity index (χ3n) is 3.03. The number of alkyl halides is 3. The number of nitrogens with one attached hydrogen (secondary N) is 2. The topological polar surface area (TPSA) is 91.7 Å². The van der Waals surface area contributed by atoms with Gasteiger partial charge in [0.2, 0.25) is 5.95 Å². The molecule has 0 aliphatic carbocycles. The third-order valence-corrected chi connectivity index (χ3v) is 3.03. The molecule has 2 rings (SSSR count). The molecule has 11 heteroatoms. The van der Waals surface area contributed by atoms with Crippen molar-refractivity contribution in [1.82, 2.24) is 24.7 Å². The lowest BCUT2D eigenvalue weighted by Crippen LogP contribution is -2.19. The number of hydrogen-bond acceptors (Lipinski definition) is 6. The number of aromatic nitrogens is 5. The number of anilines is 2. The number of halogens is 3. The summed E-state index contributed by atoms with van der Waals surface area (Å²) in [5.74, 6) is 0.492. The molecule has 0 saturated carbocycles. The Hall–Kier alpha value is -2.59. The first-order valence-corrected chi connectivity index (χ1v) is 6.66. The Kier molecular flexibility index (Phi) is 4.57. The van der Waals surface area contributed by atoms with E-state index in [2.05, 4.69) is 25.5 Å². The van der Waals surface area contributed by atoms with Crippen LogP contribution in [0.4, 0.5) is 24.9 Å². The van der Waals surface area contributed by atoms with Crippen LogP contribution in [0.15, 0.2) is 10.9 Å².